The van der Waals surface area contributed by atoms with Crippen molar-refractivity contribution in [1.29, 1.82) is 0 Å². The minimum atomic E-state index is -0.393. The maximum absolute atomic E-state index is 10.2. The van der Waals surface area contributed by atoms with Crippen LogP contribution in [0.2, 0.25) is 0 Å². The molecule has 1 aromatic carbocycles. The molecule has 0 aromatic heterocycles. The number of nitrogens with one attached hydrogen (secondary N) is 2. The van der Waals surface area contributed by atoms with Crippen LogP contribution in [0.1, 0.15) is 26.3 Å². The van der Waals surface area contributed by atoms with E-state index in [2.05, 4.69) is 40.0 Å². The fraction of sp³-hybridized carbons (Fsp3) is 0.667. The zero-order chi connectivity index (χ0) is 16.2. The molecule has 2 rings (SSSR count). The lowest BCUT2D eigenvalue weighted by Crippen LogP contribution is -3.27. The van der Waals surface area contributed by atoms with Crippen LogP contribution in [0.15, 0.2) is 24.3 Å². The first-order valence-electron chi connectivity index (χ1n) is 8.41. The second-order valence-corrected chi connectivity index (χ2v) is 7.65. The van der Waals surface area contributed by atoms with Gasteiger partial charge >= 0.3 is 0 Å². The molecule has 0 amide bonds. The Balaban J connectivity index is 1.75. The van der Waals surface area contributed by atoms with Crippen LogP contribution < -0.4 is 14.5 Å². The van der Waals surface area contributed by atoms with Crippen LogP contribution in [0.25, 0.3) is 0 Å². The molecular formula is C18H32N2O2+2. The van der Waals surface area contributed by atoms with Crippen LogP contribution in [0.5, 0.6) is 5.75 Å². The van der Waals surface area contributed by atoms with Gasteiger partial charge in [0, 0.05) is 0 Å². The summed E-state index contributed by atoms with van der Waals surface area (Å²) < 4.78 is 5.73. The lowest BCUT2D eigenvalue weighted by molar-refractivity contribution is -1.00. The van der Waals surface area contributed by atoms with Crippen LogP contribution in [-0.2, 0) is 5.41 Å². The van der Waals surface area contributed by atoms with Crippen molar-refractivity contribution in [1.82, 2.24) is 0 Å². The number of rotatable bonds is 5. The van der Waals surface area contributed by atoms with Gasteiger partial charge < -0.3 is 19.6 Å². The summed E-state index contributed by atoms with van der Waals surface area (Å²) in [6.45, 7) is 12.4. The number of aliphatic hydroxyl groups excluding tert-OH is 1. The number of piperazine rings is 1. The summed E-state index contributed by atoms with van der Waals surface area (Å²) in [5.41, 5.74) is 1.45. The van der Waals surface area contributed by atoms with E-state index in [0.717, 1.165) is 25.4 Å². The van der Waals surface area contributed by atoms with Crippen LogP contribution >= 0.6 is 0 Å². The van der Waals surface area contributed by atoms with Gasteiger partial charge in [0.05, 0.1) is 7.05 Å². The van der Waals surface area contributed by atoms with E-state index in [9.17, 15) is 5.11 Å². The molecule has 1 aliphatic rings. The minimum Gasteiger partial charge on any atom is -0.491 e. The molecule has 0 bridgehead atoms. The summed E-state index contributed by atoms with van der Waals surface area (Å²) in [6.07, 6.45) is -0.393. The van der Waals surface area contributed by atoms with E-state index in [1.807, 2.05) is 12.1 Å². The molecule has 0 unspecified atom stereocenters. The maximum atomic E-state index is 10.2. The topological polar surface area (TPSA) is 38.3 Å². The quantitative estimate of drug-likeness (QED) is 0.662. The average Bonchev–Trinajstić information content (AvgIpc) is 2.47. The minimum absolute atomic E-state index is 0.158. The number of hydrogen-bond acceptors (Lipinski definition) is 2. The normalized spacial score (nSPS) is 24.0. The highest BCUT2D eigenvalue weighted by Crippen LogP contribution is 2.24. The highest BCUT2D eigenvalue weighted by atomic mass is 16.5. The standard InChI is InChI=1S/C18H30N2O2/c1-18(2,3)15-5-7-17(8-6-15)22-14-16(21)13-20-11-9-19(4)10-12-20/h5-8,16,21H,9-14H2,1-4H3/p+2/t16-/m1/s1. The molecule has 1 aliphatic heterocycles. The maximum Gasteiger partial charge on any atom is 0.137 e. The molecule has 0 spiro atoms. The summed E-state index contributed by atoms with van der Waals surface area (Å²) in [5.74, 6) is 0.838. The summed E-state index contributed by atoms with van der Waals surface area (Å²) in [4.78, 5) is 3.08. The summed E-state index contributed by atoms with van der Waals surface area (Å²) in [6, 6.07) is 8.21. The Morgan fingerprint density at radius 1 is 1.09 bits per heavy atom. The van der Waals surface area contributed by atoms with Crippen molar-refractivity contribution in [2.75, 3.05) is 46.4 Å². The van der Waals surface area contributed by atoms with Gasteiger partial charge in [-0.1, -0.05) is 32.9 Å². The molecule has 0 saturated carbocycles. The summed E-state index contributed by atoms with van der Waals surface area (Å²) in [5, 5.41) is 10.2. The fourth-order valence-electron chi connectivity index (χ4n) is 2.87. The van der Waals surface area contributed by atoms with Crippen LogP contribution in [0, 0.1) is 0 Å². The molecule has 1 saturated heterocycles. The molecule has 4 nitrogen and oxygen atoms in total. The highest BCUT2D eigenvalue weighted by molar-refractivity contribution is 5.31. The zero-order valence-corrected chi connectivity index (χ0v) is 14.5. The Kier molecular flexibility index (Phi) is 5.84. The van der Waals surface area contributed by atoms with Crippen molar-refractivity contribution >= 4 is 0 Å². The van der Waals surface area contributed by atoms with Gasteiger partial charge in [-0.2, -0.15) is 0 Å². The third-order valence-electron chi connectivity index (χ3n) is 4.50. The number of hydrogen-bond donors (Lipinski definition) is 3. The highest BCUT2D eigenvalue weighted by Gasteiger charge is 2.22. The zero-order valence-electron chi connectivity index (χ0n) is 14.5. The van der Waals surface area contributed by atoms with E-state index in [-0.39, 0.29) is 5.41 Å². The van der Waals surface area contributed by atoms with Gasteiger partial charge in [0.25, 0.3) is 0 Å². The number of likely N-dealkylation sites (N-methyl/N-ethyl adjacent to an activating group) is 1. The van der Waals surface area contributed by atoms with Crippen molar-refractivity contribution in [2.45, 2.75) is 32.3 Å². The van der Waals surface area contributed by atoms with Gasteiger partial charge in [0.15, 0.2) is 0 Å². The molecular weight excluding hydrogens is 276 g/mol. The SMILES string of the molecule is C[NH+]1CC[NH+](C[C@@H](O)COc2ccc(C(C)(C)C)cc2)CC1. The smallest absolute Gasteiger partial charge is 0.137 e. The van der Waals surface area contributed by atoms with Gasteiger partial charge in [0.1, 0.15) is 51.2 Å². The fourth-order valence-corrected chi connectivity index (χ4v) is 2.87. The van der Waals surface area contributed by atoms with Crippen LogP contribution in [0.3, 0.4) is 0 Å². The molecule has 1 fully saturated rings. The lowest BCUT2D eigenvalue weighted by Gasteiger charge is -2.28. The van der Waals surface area contributed by atoms with E-state index < -0.39 is 6.10 Å². The predicted molar refractivity (Wildman–Crippen MR) is 88.8 cm³/mol. The second kappa shape index (κ2) is 7.44. The van der Waals surface area contributed by atoms with E-state index in [1.54, 1.807) is 4.90 Å². The molecule has 1 aromatic rings. The molecule has 1 atom stereocenters. The molecule has 0 radical (unpaired) electrons. The first-order valence-corrected chi connectivity index (χ1v) is 8.41. The first-order chi connectivity index (χ1) is 10.3. The largest absolute Gasteiger partial charge is 0.491 e. The van der Waals surface area contributed by atoms with Gasteiger partial charge in [-0.3, -0.25) is 0 Å². The Labute approximate surface area is 134 Å². The van der Waals surface area contributed by atoms with Crippen molar-refractivity contribution in [3.05, 3.63) is 29.8 Å². The van der Waals surface area contributed by atoms with Crippen molar-refractivity contribution in [3.8, 4) is 5.75 Å². The molecule has 3 N–H and O–H groups in total. The van der Waals surface area contributed by atoms with Gasteiger partial charge in [0.2, 0.25) is 0 Å². The summed E-state index contributed by atoms with van der Waals surface area (Å²) >= 11 is 0. The van der Waals surface area contributed by atoms with E-state index in [4.69, 9.17) is 4.74 Å². The Bertz CT molecular complexity index is 445. The third-order valence-corrected chi connectivity index (χ3v) is 4.50. The number of quaternary nitrogens is 2. The van der Waals surface area contributed by atoms with Crippen LogP contribution in [0.4, 0.5) is 0 Å². The van der Waals surface area contributed by atoms with Gasteiger partial charge in [-0.15, -0.1) is 0 Å². The average molecular weight is 308 g/mol. The van der Waals surface area contributed by atoms with Crippen LogP contribution in [-0.4, -0.2) is 57.6 Å². The Morgan fingerprint density at radius 2 is 1.68 bits per heavy atom. The number of ether oxygens (including phenoxy) is 1. The van der Waals surface area contributed by atoms with Gasteiger partial charge in [-0.05, 0) is 23.1 Å². The lowest BCUT2D eigenvalue weighted by atomic mass is 9.87. The van der Waals surface area contributed by atoms with Crippen molar-refractivity contribution in [2.24, 2.45) is 0 Å². The number of aliphatic hydroxyl groups is 1. The molecule has 124 valence electrons. The Morgan fingerprint density at radius 3 is 2.23 bits per heavy atom. The monoisotopic (exact) mass is 308 g/mol. The molecule has 22 heavy (non-hydrogen) atoms. The predicted octanol–water partition coefficient (Wildman–Crippen LogP) is -0.863. The summed E-state index contributed by atoms with van der Waals surface area (Å²) in [7, 11) is 2.23. The molecule has 1 heterocycles. The Hall–Kier alpha value is -1.10. The number of benzene rings is 1. The van der Waals surface area contributed by atoms with Crippen molar-refractivity contribution < 1.29 is 19.6 Å². The van der Waals surface area contributed by atoms with Crippen molar-refractivity contribution in [3.63, 3.8) is 0 Å². The van der Waals surface area contributed by atoms with E-state index >= 15 is 0 Å². The second-order valence-electron chi connectivity index (χ2n) is 7.65. The first kappa shape index (κ1) is 17.3. The molecule has 0 aliphatic carbocycles. The third kappa shape index (κ3) is 5.27. The van der Waals surface area contributed by atoms with E-state index in [1.165, 1.54) is 23.6 Å². The van der Waals surface area contributed by atoms with E-state index in [0.29, 0.717) is 6.61 Å². The van der Waals surface area contributed by atoms with Gasteiger partial charge in [-0.25, -0.2) is 0 Å². The molecule has 4 heteroatoms.